The van der Waals surface area contributed by atoms with Crippen molar-refractivity contribution in [3.05, 3.63) is 28.2 Å². The van der Waals surface area contributed by atoms with Gasteiger partial charge in [0.25, 0.3) is 5.91 Å². The van der Waals surface area contributed by atoms with Gasteiger partial charge in [-0.3, -0.25) is 10.2 Å². The number of nitrogens with one attached hydrogen (secondary N) is 2. The number of hydrogen-bond donors (Lipinski definition) is 2. The maximum Gasteiger partial charge on any atom is 0.272 e. The Hall–Kier alpha value is -1.01. The lowest BCUT2D eigenvalue weighted by molar-refractivity contribution is -0.884. The molecule has 5 nitrogen and oxygen atoms in total. The summed E-state index contributed by atoms with van der Waals surface area (Å²) in [4.78, 5) is 13.3. The normalized spacial score (nSPS) is 16.9. The highest BCUT2D eigenvalue weighted by atomic mass is 35.5. The Kier molecular flexibility index (Phi) is 5.48. The first-order valence-corrected chi connectivity index (χ1v) is 7.24. The second kappa shape index (κ2) is 7.13. The molecule has 1 heterocycles. The molecule has 0 aromatic heterocycles. The maximum atomic E-state index is 11.8. The maximum absolute atomic E-state index is 11.8. The van der Waals surface area contributed by atoms with Crippen molar-refractivity contribution in [2.24, 2.45) is 0 Å². The summed E-state index contributed by atoms with van der Waals surface area (Å²) in [6.45, 7) is 3.66. The van der Waals surface area contributed by atoms with Crippen molar-refractivity contribution in [2.75, 3.05) is 39.8 Å². The van der Waals surface area contributed by atoms with Crippen molar-refractivity contribution < 1.29 is 14.4 Å². The fourth-order valence-electron chi connectivity index (χ4n) is 1.94. The fourth-order valence-corrected chi connectivity index (χ4v) is 2.41. The number of amides is 1. The Morgan fingerprint density at radius 2 is 2.10 bits per heavy atom. The zero-order valence-corrected chi connectivity index (χ0v) is 12.8. The van der Waals surface area contributed by atoms with Crippen LogP contribution in [-0.2, 0) is 4.79 Å². The number of rotatable bonds is 4. The number of benzene rings is 1. The molecule has 2 rings (SSSR count). The van der Waals surface area contributed by atoms with Gasteiger partial charge in [0.1, 0.15) is 5.75 Å². The number of carbonyl (C=O) groups excluding carboxylic acids is 1. The molecular weight excluding hydrogens is 301 g/mol. The molecule has 1 aromatic carbocycles. The van der Waals surface area contributed by atoms with Crippen molar-refractivity contribution in [1.29, 1.82) is 0 Å². The lowest BCUT2D eigenvalue weighted by Crippen LogP contribution is -3.12. The van der Waals surface area contributed by atoms with Crippen molar-refractivity contribution in [1.82, 2.24) is 10.4 Å². The summed E-state index contributed by atoms with van der Waals surface area (Å²) in [7, 11) is 2.14. The van der Waals surface area contributed by atoms with Gasteiger partial charge in [0, 0.05) is 5.02 Å². The number of ether oxygens (including phenoxy) is 1. The van der Waals surface area contributed by atoms with E-state index < -0.39 is 0 Å². The van der Waals surface area contributed by atoms with E-state index in [1.54, 1.807) is 18.2 Å². The average molecular weight is 319 g/mol. The van der Waals surface area contributed by atoms with Gasteiger partial charge in [0.05, 0.1) is 38.2 Å². The van der Waals surface area contributed by atoms with E-state index in [9.17, 15) is 4.79 Å². The average Bonchev–Trinajstić information content (AvgIpc) is 2.40. The van der Waals surface area contributed by atoms with Crippen molar-refractivity contribution >= 4 is 29.1 Å². The molecule has 2 N–H and O–H groups in total. The molecule has 1 aliphatic heterocycles. The van der Waals surface area contributed by atoms with Gasteiger partial charge in [-0.15, -0.1) is 0 Å². The molecule has 0 saturated carbocycles. The molecule has 1 aromatic rings. The first-order chi connectivity index (χ1) is 9.54. The zero-order valence-electron chi connectivity index (χ0n) is 11.3. The lowest BCUT2D eigenvalue weighted by atomic mass is 10.3. The Balaban J connectivity index is 1.77. The Morgan fingerprint density at radius 3 is 2.75 bits per heavy atom. The Morgan fingerprint density at radius 1 is 1.40 bits per heavy atom. The lowest BCUT2D eigenvalue weighted by Gasteiger charge is -2.30. The number of halogens is 2. The molecule has 1 aliphatic rings. The third-order valence-electron chi connectivity index (χ3n) is 3.15. The van der Waals surface area contributed by atoms with Gasteiger partial charge in [-0.1, -0.05) is 23.2 Å². The summed E-state index contributed by atoms with van der Waals surface area (Å²) in [5.74, 6) is 0.268. The van der Waals surface area contributed by atoms with Crippen LogP contribution in [0.15, 0.2) is 18.2 Å². The number of piperazine rings is 1. The molecular formula is C13H18Cl2N3O2+. The highest BCUT2D eigenvalue weighted by Crippen LogP contribution is 2.27. The van der Waals surface area contributed by atoms with Gasteiger partial charge in [-0.25, -0.2) is 5.01 Å². The summed E-state index contributed by atoms with van der Waals surface area (Å²) >= 11 is 11.8. The summed E-state index contributed by atoms with van der Waals surface area (Å²) < 4.78 is 5.38. The van der Waals surface area contributed by atoms with E-state index in [0.29, 0.717) is 15.8 Å². The molecule has 1 fully saturated rings. The van der Waals surface area contributed by atoms with Crippen LogP contribution in [0.2, 0.25) is 10.0 Å². The van der Waals surface area contributed by atoms with Crippen LogP contribution in [0.3, 0.4) is 0 Å². The molecule has 0 aliphatic carbocycles. The van der Waals surface area contributed by atoms with E-state index in [1.165, 1.54) is 4.90 Å². The second-order valence-electron chi connectivity index (χ2n) is 4.84. The SMILES string of the molecule is C[NH+]1CCN(NC(=O)COc2ccc(Cl)cc2Cl)CC1. The molecule has 20 heavy (non-hydrogen) atoms. The van der Waals surface area contributed by atoms with Crippen LogP contribution < -0.4 is 15.1 Å². The van der Waals surface area contributed by atoms with Crippen molar-refractivity contribution in [3.8, 4) is 5.75 Å². The Labute approximate surface area is 128 Å². The van der Waals surface area contributed by atoms with Crippen LogP contribution in [0, 0.1) is 0 Å². The standard InChI is InChI=1S/C13H17Cl2N3O2/c1-17-4-6-18(7-5-17)16-13(19)9-20-12-3-2-10(14)8-11(12)15/h2-3,8H,4-7,9H2,1H3,(H,16,19)/p+1. The smallest absolute Gasteiger partial charge is 0.272 e. The van der Waals surface area contributed by atoms with Crippen LogP contribution in [0.5, 0.6) is 5.75 Å². The van der Waals surface area contributed by atoms with Crippen LogP contribution >= 0.6 is 23.2 Å². The molecule has 7 heteroatoms. The zero-order chi connectivity index (χ0) is 14.5. The molecule has 0 unspecified atom stereocenters. The molecule has 0 spiro atoms. The van der Waals surface area contributed by atoms with Crippen LogP contribution in [0.4, 0.5) is 0 Å². The summed E-state index contributed by atoms with van der Waals surface area (Å²) in [6, 6.07) is 4.90. The van der Waals surface area contributed by atoms with E-state index in [1.807, 2.05) is 5.01 Å². The van der Waals surface area contributed by atoms with E-state index in [4.69, 9.17) is 27.9 Å². The van der Waals surface area contributed by atoms with E-state index in [0.717, 1.165) is 26.2 Å². The van der Waals surface area contributed by atoms with Gasteiger partial charge < -0.3 is 9.64 Å². The minimum atomic E-state index is -0.185. The number of quaternary nitrogens is 1. The van der Waals surface area contributed by atoms with Gasteiger partial charge in [-0.05, 0) is 18.2 Å². The highest BCUT2D eigenvalue weighted by molar-refractivity contribution is 6.35. The molecule has 1 saturated heterocycles. The first kappa shape index (κ1) is 15.4. The molecule has 110 valence electrons. The summed E-state index contributed by atoms with van der Waals surface area (Å²) in [5, 5.41) is 2.85. The van der Waals surface area contributed by atoms with Gasteiger partial charge in [-0.2, -0.15) is 0 Å². The summed E-state index contributed by atoms with van der Waals surface area (Å²) in [5.41, 5.74) is 2.83. The topological polar surface area (TPSA) is 46.0 Å². The van der Waals surface area contributed by atoms with Crippen LogP contribution in [0.1, 0.15) is 0 Å². The number of nitrogens with zero attached hydrogens (tertiary/aromatic N) is 1. The van der Waals surface area contributed by atoms with Crippen molar-refractivity contribution in [2.45, 2.75) is 0 Å². The predicted octanol–water partition coefficient (Wildman–Crippen LogP) is 0.234. The van der Waals surface area contributed by atoms with E-state index >= 15 is 0 Å². The minimum Gasteiger partial charge on any atom is -0.482 e. The molecule has 0 radical (unpaired) electrons. The van der Waals surface area contributed by atoms with Crippen LogP contribution in [0.25, 0.3) is 0 Å². The van der Waals surface area contributed by atoms with Gasteiger partial charge in [0.15, 0.2) is 6.61 Å². The van der Waals surface area contributed by atoms with E-state index in [2.05, 4.69) is 12.5 Å². The highest BCUT2D eigenvalue weighted by Gasteiger charge is 2.18. The fraction of sp³-hybridized carbons (Fsp3) is 0.462. The Bertz CT molecular complexity index is 477. The molecule has 0 atom stereocenters. The minimum absolute atomic E-state index is 0.0689. The first-order valence-electron chi connectivity index (χ1n) is 6.48. The quantitative estimate of drug-likeness (QED) is 0.835. The number of hydrazine groups is 1. The third kappa shape index (κ3) is 4.52. The van der Waals surface area contributed by atoms with Gasteiger partial charge in [0.2, 0.25) is 0 Å². The van der Waals surface area contributed by atoms with Crippen molar-refractivity contribution in [3.63, 3.8) is 0 Å². The molecule has 1 amide bonds. The third-order valence-corrected chi connectivity index (χ3v) is 3.68. The monoisotopic (exact) mass is 318 g/mol. The summed E-state index contributed by atoms with van der Waals surface area (Å²) in [6.07, 6.45) is 0. The predicted molar refractivity (Wildman–Crippen MR) is 78.3 cm³/mol. The molecule has 0 bridgehead atoms. The number of likely N-dealkylation sites (N-methyl/N-ethyl adjacent to an activating group) is 1. The van der Waals surface area contributed by atoms with E-state index in [-0.39, 0.29) is 12.5 Å². The largest absolute Gasteiger partial charge is 0.482 e. The van der Waals surface area contributed by atoms with Crippen LogP contribution in [-0.4, -0.2) is 50.7 Å². The number of carbonyl (C=O) groups is 1. The second-order valence-corrected chi connectivity index (χ2v) is 5.69. The number of hydrogen-bond acceptors (Lipinski definition) is 3. The van der Waals surface area contributed by atoms with Gasteiger partial charge >= 0.3 is 0 Å².